The van der Waals surface area contributed by atoms with Gasteiger partial charge in [-0.25, -0.2) is 4.98 Å². The van der Waals surface area contributed by atoms with Crippen LogP contribution in [0.25, 0.3) is 11.0 Å². The van der Waals surface area contributed by atoms with Crippen molar-refractivity contribution in [2.24, 2.45) is 0 Å². The highest BCUT2D eigenvalue weighted by molar-refractivity contribution is 6.43. The molecule has 1 aliphatic rings. The van der Waals surface area contributed by atoms with Crippen LogP contribution in [0.4, 0.5) is 5.69 Å². The van der Waals surface area contributed by atoms with Crippen LogP contribution in [0.15, 0.2) is 48.8 Å². The van der Waals surface area contributed by atoms with Gasteiger partial charge in [-0.1, -0.05) is 41.4 Å². The number of nitrogens with zero attached hydrogens (tertiary/aromatic N) is 4. The van der Waals surface area contributed by atoms with E-state index in [1.54, 1.807) is 0 Å². The number of rotatable bonds is 6. The number of halogens is 2. The summed E-state index contributed by atoms with van der Waals surface area (Å²) >= 11 is 12.5. The number of anilines is 1. The Hall–Kier alpha value is -1.75. The molecular weight excluding hydrogens is 379 g/mol. The van der Waals surface area contributed by atoms with Crippen molar-refractivity contribution in [3.05, 3.63) is 58.8 Å². The number of imidazole rings is 1. The number of benzene rings is 2. The van der Waals surface area contributed by atoms with Crippen LogP contribution in [0.2, 0.25) is 10.0 Å². The van der Waals surface area contributed by atoms with Gasteiger partial charge in [0, 0.05) is 32.7 Å². The fraction of sp³-hybridized carbons (Fsp3) is 0.381. The van der Waals surface area contributed by atoms with Gasteiger partial charge in [0.1, 0.15) is 0 Å². The maximum atomic E-state index is 6.36. The van der Waals surface area contributed by atoms with Crippen molar-refractivity contribution in [1.82, 2.24) is 14.5 Å². The summed E-state index contributed by atoms with van der Waals surface area (Å²) in [5, 5.41) is 1.30. The molecule has 2 aromatic carbocycles. The average Bonchev–Trinajstić information content (AvgIpc) is 3.11. The normalized spacial score (nSPS) is 15.6. The SMILES string of the molecule is Clc1cccc(N2CCN(CCCCn3cnc4ccccc43)CC2)c1Cl. The smallest absolute Gasteiger partial charge is 0.0958 e. The van der Waals surface area contributed by atoms with Gasteiger partial charge in [0.15, 0.2) is 0 Å². The van der Waals surface area contributed by atoms with Crippen LogP contribution in [0.1, 0.15) is 12.8 Å². The van der Waals surface area contributed by atoms with Crippen LogP contribution in [-0.4, -0.2) is 47.2 Å². The molecule has 3 aromatic rings. The Kier molecular flexibility index (Phi) is 5.86. The molecule has 0 atom stereocenters. The van der Waals surface area contributed by atoms with Crippen molar-refractivity contribution in [2.45, 2.75) is 19.4 Å². The Morgan fingerprint density at radius 1 is 0.852 bits per heavy atom. The largest absolute Gasteiger partial charge is 0.368 e. The van der Waals surface area contributed by atoms with Crippen LogP contribution in [0.5, 0.6) is 0 Å². The lowest BCUT2D eigenvalue weighted by molar-refractivity contribution is 0.251. The molecule has 4 rings (SSSR count). The van der Waals surface area contributed by atoms with Crippen LogP contribution in [0.3, 0.4) is 0 Å². The van der Waals surface area contributed by atoms with Gasteiger partial charge < -0.3 is 9.47 Å². The minimum Gasteiger partial charge on any atom is -0.368 e. The van der Waals surface area contributed by atoms with Crippen molar-refractivity contribution < 1.29 is 0 Å². The van der Waals surface area contributed by atoms with Crippen molar-refractivity contribution >= 4 is 39.9 Å². The van der Waals surface area contributed by atoms with Gasteiger partial charge in [0.2, 0.25) is 0 Å². The Bertz CT molecular complexity index is 900. The maximum absolute atomic E-state index is 6.36. The summed E-state index contributed by atoms with van der Waals surface area (Å²) in [6, 6.07) is 14.2. The van der Waals surface area contributed by atoms with Crippen LogP contribution >= 0.6 is 23.2 Å². The van der Waals surface area contributed by atoms with Gasteiger partial charge in [-0.3, -0.25) is 4.90 Å². The van der Waals surface area contributed by atoms with Crippen LogP contribution in [0, 0.1) is 0 Å². The predicted molar refractivity (Wildman–Crippen MR) is 114 cm³/mol. The fourth-order valence-electron chi connectivity index (χ4n) is 3.76. The molecule has 1 aliphatic heterocycles. The molecule has 27 heavy (non-hydrogen) atoms. The molecule has 0 bridgehead atoms. The second-order valence-corrected chi connectivity index (χ2v) is 7.82. The van der Waals surface area contributed by atoms with Gasteiger partial charge in [0.05, 0.1) is 33.1 Å². The van der Waals surface area contributed by atoms with Crippen molar-refractivity contribution in [3.8, 4) is 0 Å². The number of unbranched alkanes of at least 4 members (excludes halogenated alkanes) is 1. The van der Waals surface area contributed by atoms with E-state index in [0.717, 1.165) is 50.5 Å². The standard InChI is InChI=1S/C21H24Cl2N4/c22-17-6-5-9-20(21(17)23)26-14-12-25(13-15-26)10-3-4-11-27-16-24-18-7-1-2-8-19(18)27/h1-2,5-9,16H,3-4,10-15H2. The summed E-state index contributed by atoms with van der Waals surface area (Å²) in [6.45, 7) is 6.29. The zero-order valence-corrected chi connectivity index (χ0v) is 16.8. The Labute approximate surface area is 170 Å². The van der Waals surface area contributed by atoms with Gasteiger partial charge in [-0.2, -0.15) is 0 Å². The topological polar surface area (TPSA) is 24.3 Å². The van der Waals surface area contributed by atoms with Crippen LogP contribution < -0.4 is 4.90 Å². The third kappa shape index (κ3) is 4.23. The summed E-state index contributed by atoms with van der Waals surface area (Å²) in [5.74, 6) is 0. The van der Waals surface area contributed by atoms with E-state index >= 15 is 0 Å². The minimum atomic E-state index is 0.628. The second kappa shape index (κ2) is 8.51. The van der Waals surface area contributed by atoms with Crippen molar-refractivity contribution in [2.75, 3.05) is 37.6 Å². The average molecular weight is 403 g/mol. The first-order valence-electron chi connectivity index (χ1n) is 9.53. The molecular formula is C21H24Cl2N4. The number of hydrogen-bond donors (Lipinski definition) is 0. The van der Waals surface area contributed by atoms with E-state index in [9.17, 15) is 0 Å². The molecule has 1 aromatic heterocycles. The molecule has 1 saturated heterocycles. The maximum Gasteiger partial charge on any atom is 0.0958 e. The summed E-state index contributed by atoms with van der Waals surface area (Å²) in [7, 11) is 0. The second-order valence-electron chi connectivity index (χ2n) is 7.04. The first-order chi connectivity index (χ1) is 13.2. The number of aryl methyl sites for hydroxylation is 1. The Morgan fingerprint density at radius 2 is 1.63 bits per heavy atom. The number of para-hydroxylation sites is 2. The van der Waals surface area contributed by atoms with E-state index in [2.05, 4.69) is 43.6 Å². The van der Waals surface area contributed by atoms with Crippen LogP contribution in [-0.2, 0) is 6.54 Å². The predicted octanol–water partition coefficient (Wildman–Crippen LogP) is 4.95. The van der Waals surface area contributed by atoms with Crippen molar-refractivity contribution in [3.63, 3.8) is 0 Å². The number of fused-ring (bicyclic) bond motifs is 1. The van der Waals surface area contributed by atoms with E-state index in [-0.39, 0.29) is 0 Å². The number of aromatic nitrogens is 2. The summed E-state index contributed by atoms with van der Waals surface area (Å²) in [4.78, 5) is 9.34. The molecule has 2 heterocycles. The molecule has 142 valence electrons. The summed E-state index contributed by atoms with van der Waals surface area (Å²) in [5.41, 5.74) is 3.36. The van der Waals surface area contributed by atoms with E-state index in [4.69, 9.17) is 23.2 Å². The lowest BCUT2D eigenvalue weighted by atomic mass is 10.2. The quantitative estimate of drug-likeness (QED) is 0.545. The van der Waals surface area contributed by atoms with Gasteiger partial charge in [-0.15, -0.1) is 0 Å². The molecule has 0 saturated carbocycles. The molecule has 1 fully saturated rings. The first-order valence-corrected chi connectivity index (χ1v) is 10.3. The third-order valence-corrected chi connectivity index (χ3v) is 6.10. The monoisotopic (exact) mass is 402 g/mol. The first kappa shape index (κ1) is 18.6. The molecule has 6 heteroatoms. The molecule has 0 aliphatic carbocycles. The molecule has 0 radical (unpaired) electrons. The lowest BCUT2D eigenvalue weighted by Gasteiger charge is -2.36. The minimum absolute atomic E-state index is 0.628. The van der Waals surface area contributed by atoms with E-state index in [1.165, 1.54) is 18.4 Å². The molecule has 0 unspecified atom stereocenters. The van der Waals surface area contributed by atoms with E-state index < -0.39 is 0 Å². The van der Waals surface area contributed by atoms with Gasteiger partial charge in [-0.05, 0) is 43.7 Å². The summed E-state index contributed by atoms with van der Waals surface area (Å²) < 4.78 is 2.26. The summed E-state index contributed by atoms with van der Waals surface area (Å²) in [6.07, 6.45) is 4.32. The Morgan fingerprint density at radius 3 is 2.48 bits per heavy atom. The van der Waals surface area contributed by atoms with E-state index in [0.29, 0.717) is 10.0 Å². The highest BCUT2D eigenvalue weighted by Gasteiger charge is 2.19. The number of piperazine rings is 1. The fourth-order valence-corrected chi connectivity index (χ4v) is 4.17. The molecule has 0 spiro atoms. The highest BCUT2D eigenvalue weighted by atomic mass is 35.5. The van der Waals surface area contributed by atoms with Gasteiger partial charge >= 0.3 is 0 Å². The lowest BCUT2D eigenvalue weighted by Crippen LogP contribution is -2.46. The third-order valence-electron chi connectivity index (χ3n) is 5.29. The van der Waals surface area contributed by atoms with E-state index in [1.807, 2.05) is 24.5 Å². The molecule has 0 N–H and O–H groups in total. The number of hydrogen-bond acceptors (Lipinski definition) is 3. The highest BCUT2D eigenvalue weighted by Crippen LogP contribution is 2.32. The molecule has 0 amide bonds. The van der Waals surface area contributed by atoms with Gasteiger partial charge in [0.25, 0.3) is 0 Å². The Balaban J connectivity index is 1.22. The molecule has 4 nitrogen and oxygen atoms in total. The zero-order chi connectivity index (χ0) is 18.6. The van der Waals surface area contributed by atoms with Crippen molar-refractivity contribution in [1.29, 1.82) is 0 Å². The zero-order valence-electron chi connectivity index (χ0n) is 15.3.